The van der Waals surface area contributed by atoms with Gasteiger partial charge in [-0.25, -0.2) is 0 Å². The maximum Gasteiger partial charge on any atom is 0.268 e. The van der Waals surface area contributed by atoms with Gasteiger partial charge in [-0.05, 0) is 18.2 Å². The van der Waals surface area contributed by atoms with Crippen LogP contribution in [0.2, 0.25) is 0 Å². The maximum absolute atomic E-state index is 12.3. The van der Waals surface area contributed by atoms with Gasteiger partial charge in [0, 0.05) is 16.5 Å². The summed E-state index contributed by atoms with van der Waals surface area (Å²) in [7, 11) is 0. The van der Waals surface area contributed by atoms with Gasteiger partial charge in [0.05, 0.1) is 12.2 Å². The largest absolute Gasteiger partial charge is 0.493 e. The molecule has 0 bridgehead atoms. The Labute approximate surface area is 153 Å². The number of nitrogens with zero attached hydrogens (tertiary/aromatic N) is 3. The average molecular weight is 371 g/mol. The minimum absolute atomic E-state index is 0.172. The fourth-order valence-corrected chi connectivity index (χ4v) is 3.04. The van der Waals surface area contributed by atoms with Crippen LogP contribution in [0.25, 0.3) is 5.70 Å². The number of amides is 1. The molecule has 1 aromatic carbocycles. The number of aromatic hydroxyl groups is 1. The van der Waals surface area contributed by atoms with Gasteiger partial charge < -0.3 is 15.4 Å². The summed E-state index contributed by atoms with van der Waals surface area (Å²) >= 11 is 1.28. The first kappa shape index (κ1) is 17.9. The van der Waals surface area contributed by atoms with Crippen molar-refractivity contribution < 1.29 is 9.90 Å². The number of nitrogens with one attached hydrogen (secondary N) is 2. The molecule has 26 heavy (non-hydrogen) atoms. The van der Waals surface area contributed by atoms with E-state index in [2.05, 4.69) is 25.5 Å². The number of rotatable bonds is 5. The second-order valence-electron chi connectivity index (χ2n) is 5.78. The van der Waals surface area contributed by atoms with Gasteiger partial charge in [0.15, 0.2) is 10.7 Å². The summed E-state index contributed by atoms with van der Waals surface area (Å²) in [5, 5.41) is 20.9. The van der Waals surface area contributed by atoms with Crippen molar-refractivity contribution in [2.24, 2.45) is 10.2 Å². The molecule has 0 spiro atoms. The zero-order valence-corrected chi connectivity index (χ0v) is 15.0. The number of H-pyrrole nitrogens is 1. The Kier molecular flexibility index (Phi) is 5.17. The number of benzene rings is 1. The highest BCUT2D eigenvalue weighted by Crippen LogP contribution is 2.23. The first-order chi connectivity index (χ1) is 12.4. The van der Waals surface area contributed by atoms with Crippen molar-refractivity contribution in [3.8, 4) is 5.88 Å². The lowest BCUT2D eigenvalue weighted by molar-refractivity contribution is 0.102. The number of aromatic nitrogens is 2. The van der Waals surface area contributed by atoms with Gasteiger partial charge in [0.2, 0.25) is 5.88 Å². The van der Waals surface area contributed by atoms with Crippen LogP contribution in [0.15, 0.2) is 50.5 Å². The van der Waals surface area contributed by atoms with Gasteiger partial charge in [0.25, 0.3) is 11.5 Å². The molecule has 1 amide bonds. The van der Waals surface area contributed by atoms with E-state index in [-0.39, 0.29) is 10.4 Å². The van der Waals surface area contributed by atoms with Crippen LogP contribution in [-0.2, 0) is 0 Å². The van der Waals surface area contributed by atoms with E-state index in [9.17, 15) is 14.7 Å². The first-order valence-electron chi connectivity index (χ1n) is 7.93. The Bertz CT molecular complexity index is 948. The molecule has 1 aliphatic rings. The molecule has 3 N–H and O–H groups in total. The van der Waals surface area contributed by atoms with Crippen LogP contribution in [0.1, 0.15) is 29.8 Å². The lowest BCUT2D eigenvalue weighted by atomic mass is 10.1. The standard InChI is InChI=1S/C17H17N5O3S/c1-9(2)26-17-20-15(24)13(16(25)21-17)14(23)19-11-5-3-10(4-6-11)12-7-8-18-22-12/h3-7,9H,8H2,1-2H3,(H,19,23)(H2,20,21,24,25). The number of hydrogen-bond donors (Lipinski definition) is 3. The van der Waals surface area contributed by atoms with Crippen LogP contribution in [-0.4, -0.2) is 32.8 Å². The molecule has 1 aromatic heterocycles. The second kappa shape index (κ2) is 7.52. The number of carbonyl (C=O) groups is 1. The summed E-state index contributed by atoms with van der Waals surface area (Å²) in [4.78, 5) is 30.9. The number of azo groups is 1. The third-order valence-corrected chi connectivity index (χ3v) is 4.32. The maximum atomic E-state index is 12.3. The summed E-state index contributed by atoms with van der Waals surface area (Å²) in [6, 6.07) is 6.94. The van der Waals surface area contributed by atoms with Crippen molar-refractivity contribution in [1.82, 2.24) is 9.97 Å². The van der Waals surface area contributed by atoms with Crippen molar-refractivity contribution >= 4 is 29.1 Å². The molecule has 0 radical (unpaired) electrons. The van der Waals surface area contributed by atoms with Crippen molar-refractivity contribution in [2.45, 2.75) is 24.3 Å². The minimum atomic E-state index is -0.732. The predicted molar refractivity (Wildman–Crippen MR) is 99.6 cm³/mol. The predicted octanol–water partition coefficient (Wildman–Crippen LogP) is 3.04. The van der Waals surface area contributed by atoms with E-state index in [1.165, 1.54) is 11.8 Å². The van der Waals surface area contributed by atoms with E-state index in [1.807, 2.05) is 19.9 Å². The van der Waals surface area contributed by atoms with Crippen LogP contribution >= 0.6 is 11.8 Å². The zero-order chi connectivity index (χ0) is 18.7. The zero-order valence-electron chi connectivity index (χ0n) is 14.2. The molecule has 1 aliphatic heterocycles. The molecule has 3 rings (SSSR count). The number of thioether (sulfide) groups is 1. The Hall–Kier alpha value is -2.94. The van der Waals surface area contributed by atoms with Gasteiger partial charge >= 0.3 is 0 Å². The van der Waals surface area contributed by atoms with Crippen LogP contribution in [0.5, 0.6) is 5.88 Å². The summed E-state index contributed by atoms with van der Waals surface area (Å²) in [5.41, 5.74) is 1.02. The molecule has 134 valence electrons. The molecule has 2 heterocycles. The molecule has 9 heteroatoms. The van der Waals surface area contributed by atoms with E-state index in [0.717, 1.165) is 11.3 Å². The van der Waals surface area contributed by atoms with Crippen molar-refractivity contribution in [1.29, 1.82) is 0 Å². The minimum Gasteiger partial charge on any atom is -0.493 e. The van der Waals surface area contributed by atoms with Gasteiger partial charge in [0.1, 0.15) is 0 Å². The van der Waals surface area contributed by atoms with E-state index in [1.54, 1.807) is 24.3 Å². The molecule has 0 unspecified atom stereocenters. The van der Waals surface area contributed by atoms with Crippen LogP contribution in [0.3, 0.4) is 0 Å². The van der Waals surface area contributed by atoms with Crippen LogP contribution < -0.4 is 10.9 Å². The topological polar surface area (TPSA) is 120 Å². The van der Waals surface area contributed by atoms with Gasteiger partial charge in [-0.2, -0.15) is 15.2 Å². The van der Waals surface area contributed by atoms with E-state index in [0.29, 0.717) is 12.2 Å². The molecule has 0 fully saturated rings. The molecule has 0 atom stereocenters. The monoisotopic (exact) mass is 371 g/mol. The SMILES string of the molecule is CC(C)Sc1nc(O)c(C(=O)Nc2ccc(C3=CCN=N3)cc2)c(=O)[nH]1. The van der Waals surface area contributed by atoms with Crippen LogP contribution in [0, 0.1) is 0 Å². The molecule has 2 aromatic rings. The summed E-state index contributed by atoms with van der Waals surface area (Å²) in [6.45, 7) is 4.41. The van der Waals surface area contributed by atoms with E-state index in [4.69, 9.17) is 0 Å². The summed E-state index contributed by atoms with van der Waals surface area (Å²) in [5.74, 6) is -1.33. The Morgan fingerprint density at radius 1 is 1.31 bits per heavy atom. The number of anilines is 1. The quantitative estimate of drug-likeness (QED) is 0.551. The molecular formula is C17H17N5O3S. The summed E-state index contributed by atoms with van der Waals surface area (Å²) < 4.78 is 0. The Balaban J connectivity index is 1.77. The lowest BCUT2D eigenvalue weighted by Gasteiger charge is -2.08. The smallest absolute Gasteiger partial charge is 0.268 e. The second-order valence-corrected chi connectivity index (χ2v) is 7.35. The van der Waals surface area contributed by atoms with Crippen molar-refractivity contribution in [3.63, 3.8) is 0 Å². The highest BCUT2D eigenvalue weighted by atomic mass is 32.2. The molecule has 8 nitrogen and oxygen atoms in total. The van der Waals surface area contributed by atoms with E-state index < -0.39 is 22.9 Å². The Morgan fingerprint density at radius 3 is 2.62 bits per heavy atom. The molecule has 0 saturated carbocycles. The van der Waals surface area contributed by atoms with Crippen LogP contribution in [0.4, 0.5) is 5.69 Å². The molecule has 0 aliphatic carbocycles. The third kappa shape index (κ3) is 3.99. The third-order valence-electron chi connectivity index (χ3n) is 3.44. The Morgan fingerprint density at radius 2 is 2.04 bits per heavy atom. The van der Waals surface area contributed by atoms with E-state index >= 15 is 0 Å². The summed E-state index contributed by atoms with van der Waals surface area (Å²) in [6.07, 6.45) is 1.90. The number of carbonyl (C=O) groups excluding carboxylic acids is 1. The van der Waals surface area contributed by atoms with Gasteiger partial charge in [-0.3, -0.25) is 9.59 Å². The van der Waals surface area contributed by atoms with Gasteiger partial charge in [-0.1, -0.05) is 37.7 Å². The fraction of sp³-hybridized carbons (Fsp3) is 0.235. The fourth-order valence-electron chi connectivity index (χ4n) is 2.30. The highest BCUT2D eigenvalue weighted by molar-refractivity contribution is 7.99. The lowest BCUT2D eigenvalue weighted by Crippen LogP contribution is -2.24. The average Bonchev–Trinajstić information content (AvgIpc) is 3.08. The number of aromatic amines is 1. The van der Waals surface area contributed by atoms with Crippen molar-refractivity contribution in [3.05, 3.63) is 51.8 Å². The molecule has 0 saturated heterocycles. The van der Waals surface area contributed by atoms with Gasteiger partial charge in [-0.15, -0.1) is 0 Å². The van der Waals surface area contributed by atoms with Crippen molar-refractivity contribution in [2.75, 3.05) is 11.9 Å². The number of hydrogen-bond acceptors (Lipinski definition) is 7. The normalized spacial score (nSPS) is 13.1. The first-order valence-corrected chi connectivity index (χ1v) is 8.81. The highest BCUT2D eigenvalue weighted by Gasteiger charge is 2.19. The molecular weight excluding hydrogens is 354 g/mol.